The Labute approximate surface area is 94.3 Å². The Morgan fingerprint density at radius 2 is 2.54 bits per heavy atom. The first-order chi connectivity index (χ1) is 6.09. The molecule has 0 saturated heterocycles. The summed E-state index contributed by atoms with van der Waals surface area (Å²) < 4.78 is 1.14. The van der Waals surface area contributed by atoms with Crippen LogP contribution in [0.4, 0.5) is 5.13 Å². The van der Waals surface area contributed by atoms with Crippen molar-refractivity contribution in [1.29, 1.82) is 0 Å². The maximum atomic E-state index is 10.5. The molecule has 0 unspecified atom stereocenters. The van der Waals surface area contributed by atoms with Gasteiger partial charge in [-0.2, -0.15) is 0 Å². The second kappa shape index (κ2) is 4.75. The molecule has 0 aliphatic rings. The molecule has 13 heavy (non-hydrogen) atoms. The molecule has 1 amide bonds. The zero-order valence-electron chi connectivity index (χ0n) is 7.16. The molecule has 0 fully saturated rings. The maximum absolute atomic E-state index is 10.5. The van der Waals surface area contributed by atoms with Gasteiger partial charge in [-0.25, -0.2) is 4.98 Å². The Bertz CT molecular complexity index is 302. The summed E-state index contributed by atoms with van der Waals surface area (Å²) in [7, 11) is 1.90. The molecule has 0 atom stereocenters. The number of halogens is 1. The fourth-order valence-corrected chi connectivity index (χ4v) is 2.16. The molecule has 4 nitrogen and oxygen atoms in total. The van der Waals surface area contributed by atoms with Crippen LogP contribution < -0.4 is 10.6 Å². The number of amides is 1. The Balaban J connectivity index is 2.48. The molecular weight excluding hydrogens is 301 g/mol. The van der Waals surface area contributed by atoms with Gasteiger partial charge in [-0.1, -0.05) is 11.3 Å². The predicted octanol–water partition coefficient (Wildman–Crippen LogP) is 1.06. The van der Waals surface area contributed by atoms with Crippen LogP contribution in [0, 0.1) is 2.88 Å². The second-order valence-electron chi connectivity index (χ2n) is 2.58. The van der Waals surface area contributed by atoms with E-state index < -0.39 is 0 Å². The van der Waals surface area contributed by atoms with Gasteiger partial charge >= 0.3 is 0 Å². The number of nitrogens with zero attached hydrogens (tertiary/aromatic N) is 2. The summed E-state index contributed by atoms with van der Waals surface area (Å²) >= 11 is 3.81. The molecule has 0 aliphatic heterocycles. The van der Waals surface area contributed by atoms with Crippen molar-refractivity contribution in [2.24, 2.45) is 5.73 Å². The Morgan fingerprint density at radius 3 is 3.00 bits per heavy atom. The lowest BCUT2D eigenvalue weighted by molar-refractivity contribution is -0.117. The van der Waals surface area contributed by atoms with E-state index in [1.165, 1.54) is 0 Å². The lowest BCUT2D eigenvalue weighted by Crippen LogP contribution is -2.23. The number of thiazole rings is 1. The second-order valence-corrected chi connectivity index (χ2v) is 5.49. The van der Waals surface area contributed by atoms with Crippen LogP contribution >= 0.6 is 33.9 Å². The van der Waals surface area contributed by atoms with Crippen LogP contribution in [0.15, 0.2) is 6.20 Å². The summed E-state index contributed by atoms with van der Waals surface area (Å²) in [6, 6.07) is 0. The van der Waals surface area contributed by atoms with Crippen LogP contribution in [0.2, 0.25) is 0 Å². The number of nitrogens with two attached hydrogens (primary N) is 1. The highest BCUT2D eigenvalue weighted by Gasteiger charge is 2.06. The summed E-state index contributed by atoms with van der Waals surface area (Å²) in [4.78, 5) is 16.6. The molecule has 72 valence electrons. The van der Waals surface area contributed by atoms with Gasteiger partial charge in [-0.3, -0.25) is 4.79 Å². The Hall–Kier alpha value is -0.370. The van der Waals surface area contributed by atoms with E-state index in [0.29, 0.717) is 13.0 Å². The highest BCUT2D eigenvalue weighted by molar-refractivity contribution is 14.1. The zero-order valence-corrected chi connectivity index (χ0v) is 10.1. The van der Waals surface area contributed by atoms with E-state index in [-0.39, 0.29) is 5.91 Å². The Morgan fingerprint density at radius 1 is 1.85 bits per heavy atom. The third-order valence-corrected chi connectivity index (χ3v) is 3.32. The first-order valence-corrected chi connectivity index (χ1v) is 5.60. The monoisotopic (exact) mass is 311 g/mol. The normalized spacial score (nSPS) is 10.0. The first kappa shape index (κ1) is 10.7. The molecule has 0 spiro atoms. The topological polar surface area (TPSA) is 59.2 Å². The van der Waals surface area contributed by atoms with Gasteiger partial charge in [0.1, 0.15) is 0 Å². The van der Waals surface area contributed by atoms with Gasteiger partial charge in [0, 0.05) is 20.0 Å². The number of carbonyl (C=O) groups excluding carboxylic acids is 1. The minimum atomic E-state index is -0.280. The SMILES string of the molecule is CN(CCC(N)=O)c1ncc(I)s1. The van der Waals surface area contributed by atoms with Gasteiger partial charge in [0.15, 0.2) is 5.13 Å². The van der Waals surface area contributed by atoms with E-state index in [0.717, 1.165) is 8.02 Å². The molecule has 0 aromatic carbocycles. The minimum Gasteiger partial charge on any atom is -0.370 e. The van der Waals surface area contributed by atoms with Crippen molar-refractivity contribution in [2.45, 2.75) is 6.42 Å². The summed E-state index contributed by atoms with van der Waals surface area (Å²) in [6.07, 6.45) is 2.17. The van der Waals surface area contributed by atoms with Crippen LogP contribution in [-0.2, 0) is 4.79 Å². The van der Waals surface area contributed by atoms with E-state index in [4.69, 9.17) is 5.73 Å². The van der Waals surface area contributed by atoms with Crippen molar-refractivity contribution in [3.8, 4) is 0 Å². The van der Waals surface area contributed by atoms with Crippen molar-refractivity contribution in [3.05, 3.63) is 9.08 Å². The van der Waals surface area contributed by atoms with Gasteiger partial charge in [0.25, 0.3) is 0 Å². The van der Waals surface area contributed by atoms with E-state index in [9.17, 15) is 4.79 Å². The number of aromatic nitrogens is 1. The minimum absolute atomic E-state index is 0.280. The van der Waals surface area contributed by atoms with Gasteiger partial charge in [0.05, 0.1) is 9.08 Å². The van der Waals surface area contributed by atoms with E-state index in [1.807, 2.05) is 11.9 Å². The number of primary amides is 1. The molecule has 1 rings (SSSR count). The third kappa shape index (κ3) is 3.47. The molecule has 1 aromatic rings. The smallest absolute Gasteiger partial charge is 0.219 e. The van der Waals surface area contributed by atoms with Crippen molar-refractivity contribution >= 4 is 45.0 Å². The number of hydrogen-bond donors (Lipinski definition) is 1. The van der Waals surface area contributed by atoms with Crippen LogP contribution in [-0.4, -0.2) is 24.5 Å². The van der Waals surface area contributed by atoms with Gasteiger partial charge in [-0.05, 0) is 22.6 Å². The molecule has 0 bridgehead atoms. The Kier molecular flexibility index (Phi) is 3.91. The van der Waals surface area contributed by atoms with Crippen LogP contribution in [0.3, 0.4) is 0 Å². The molecule has 6 heteroatoms. The number of rotatable bonds is 4. The first-order valence-electron chi connectivity index (χ1n) is 3.70. The van der Waals surface area contributed by atoms with Crippen LogP contribution in [0.5, 0.6) is 0 Å². The highest BCUT2D eigenvalue weighted by atomic mass is 127. The molecule has 0 aliphatic carbocycles. The molecular formula is C7H10IN3OS. The molecule has 1 aromatic heterocycles. The van der Waals surface area contributed by atoms with Gasteiger partial charge in [-0.15, -0.1) is 0 Å². The predicted molar refractivity (Wildman–Crippen MR) is 61.9 cm³/mol. The molecule has 0 saturated carbocycles. The fraction of sp³-hybridized carbons (Fsp3) is 0.429. The van der Waals surface area contributed by atoms with Gasteiger partial charge in [0.2, 0.25) is 5.91 Å². The van der Waals surface area contributed by atoms with Crippen LogP contribution in [0.25, 0.3) is 0 Å². The standard InChI is InChI=1S/C7H10IN3OS/c1-11(3-2-6(9)12)7-10-4-5(8)13-7/h4H,2-3H2,1H3,(H2,9,12). The lowest BCUT2D eigenvalue weighted by Gasteiger charge is -2.13. The number of carbonyl (C=O) groups is 1. The summed E-state index contributed by atoms with van der Waals surface area (Å²) in [5.41, 5.74) is 5.04. The van der Waals surface area contributed by atoms with Crippen molar-refractivity contribution in [2.75, 3.05) is 18.5 Å². The third-order valence-electron chi connectivity index (χ3n) is 1.49. The fourth-order valence-electron chi connectivity index (χ4n) is 0.796. The van der Waals surface area contributed by atoms with Gasteiger partial charge < -0.3 is 10.6 Å². The van der Waals surface area contributed by atoms with E-state index in [1.54, 1.807) is 17.5 Å². The average Bonchev–Trinajstić information content (AvgIpc) is 2.47. The molecule has 2 N–H and O–H groups in total. The number of anilines is 1. The van der Waals surface area contributed by atoms with Crippen molar-refractivity contribution in [1.82, 2.24) is 4.98 Å². The molecule has 1 heterocycles. The van der Waals surface area contributed by atoms with Crippen molar-refractivity contribution in [3.63, 3.8) is 0 Å². The van der Waals surface area contributed by atoms with Crippen molar-refractivity contribution < 1.29 is 4.79 Å². The molecule has 0 radical (unpaired) electrons. The summed E-state index contributed by atoms with van der Waals surface area (Å²) in [5.74, 6) is -0.280. The quantitative estimate of drug-likeness (QED) is 0.846. The summed E-state index contributed by atoms with van der Waals surface area (Å²) in [5, 5.41) is 0.922. The highest BCUT2D eigenvalue weighted by Crippen LogP contribution is 2.22. The van der Waals surface area contributed by atoms with E-state index >= 15 is 0 Å². The zero-order chi connectivity index (χ0) is 9.84. The van der Waals surface area contributed by atoms with E-state index in [2.05, 4.69) is 27.6 Å². The largest absolute Gasteiger partial charge is 0.370 e. The lowest BCUT2D eigenvalue weighted by atomic mass is 10.4. The maximum Gasteiger partial charge on any atom is 0.219 e. The average molecular weight is 311 g/mol. The van der Waals surface area contributed by atoms with Crippen LogP contribution in [0.1, 0.15) is 6.42 Å². The summed E-state index contributed by atoms with van der Waals surface area (Å²) in [6.45, 7) is 0.624. The number of hydrogen-bond acceptors (Lipinski definition) is 4.